The predicted octanol–water partition coefficient (Wildman–Crippen LogP) is 2.35. The summed E-state index contributed by atoms with van der Waals surface area (Å²) in [7, 11) is 0. The second-order valence-electron chi connectivity index (χ2n) is 3.06. The number of halogens is 2. The molecule has 0 saturated carbocycles. The normalized spacial score (nSPS) is 10.4. The summed E-state index contributed by atoms with van der Waals surface area (Å²) >= 11 is 5.80. The van der Waals surface area contributed by atoms with Crippen molar-refractivity contribution in [1.82, 2.24) is 9.97 Å². The van der Waals surface area contributed by atoms with E-state index in [0.29, 0.717) is 10.9 Å². The molecule has 2 rings (SSSR count). The molecule has 82 valence electrons. The molecule has 1 heterocycles. The van der Waals surface area contributed by atoms with E-state index in [9.17, 15) is 9.18 Å². The number of aromatic nitrogens is 2. The van der Waals surface area contributed by atoms with Crippen LogP contribution < -0.4 is 4.74 Å². The summed E-state index contributed by atoms with van der Waals surface area (Å²) in [5.41, 5.74) is 0.355. The maximum absolute atomic E-state index is 13.4. The Labute approximate surface area is 95.0 Å². The van der Waals surface area contributed by atoms with Gasteiger partial charge in [0.05, 0.1) is 5.52 Å². The van der Waals surface area contributed by atoms with Crippen molar-refractivity contribution >= 4 is 28.5 Å². The van der Waals surface area contributed by atoms with Gasteiger partial charge in [-0.15, -0.1) is 0 Å². The Balaban J connectivity index is 2.64. The largest absolute Gasteiger partial charge is 0.424 e. The summed E-state index contributed by atoms with van der Waals surface area (Å²) in [5.74, 6) is -1.46. The van der Waals surface area contributed by atoms with Gasteiger partial charge in [-0.1, -0.05) is 11.6 Å². The van der Waals surface area contributed by atoms with Gasteiger partial charge in [-0.3, -0.25) is 4.79 Å². The molecule has 16 heavy (non-hydrogen) atoms. The van der Waals surface area contributed by atoms with E-state index in [1.807, 2.05) is 0 Å². The quantitative estimate of drug-likeness (QED) is 0.436. The SMILES string of the molecule is CC(=O)Oc1cc2c(Cl)ncnc2cc1F. The maximum atomic E-state index is 13.4. The zero-order valence-corrected chi connectivity index (χ0v) is 8.95. The first-order valence-electron chi connectivity index (χ1n) is 4.36. The van der Waals surface area contributed by atoms with Crippen LogP contribution in [-0.4, -0.2) is 15.9 Å². The van der Waals surface area contributed by atoms with Crippen LogP contribution in [0.3, 0.4) is 0 Å². The molecule has 0 aliphatic carbocycles. The van der Waals surface area contributed by atoms with Gasteiger partial charge in [0.25, 0.3) is 0 Å². The highest BCUT2D eigenvalue weighted by molar-refractivity contribution is 6.34. The van der Waals surface area contributed by atoms with Crippen LogP contribution in [-0.2, 0) is 4.79 Å². The Morgan fingerprint density at radius 1 is 1.44 bits per heavy atom. The molecule has 2 aromatic rings. The Bertz CT molecular complexity index is 574. The monoisotopic (exact) mass is 240 g/mol. The first-order chi connectivity index (χ1) is 7.58. The third kappa shape index (κ3) is 1.94. The minimum absolute atomic E-state index is 0.179. The molecule has 0 atom stereocenters. The van der Waals surface area contributed by atoms with E-state index >= 15 is 0 Å². The molecule has 0 spiro atoms. The Kier molecular flexibility index (Phi) is 2.70. The predicted molar refractivity (Wildman–Crippen MR) is 55.8 cm³/mol. The number of benzene rings is 1. The molecule has 0 aliphatic rings. The molecular weight excluding hydrogens is 235 g/mol. The number of carbonyl (C=O) groups excluding carboxylic acids is 1. The van der Waals surface area contributed by atoms with Crippen LogP contribution >= 0.6 is 11.6 Å². The van der Waals surface area contributed by atoms with Crippen LogP contribution in [0.25, 0.3) is 10.9 Å². The van der Waals surface area contributed by atoms with Gasteiger partial charge in [0.2, 0.25) is 0 Å². The second-order valence-corrected chi connectivity index (χ2v) is 3.42. The zero-order chi connectivity index (χ0) is 11.7. The van der Waals surface area contributed by atoms with Crippen LogP contribution in [0.2, 0.25) is 5.15 Å². The van der Waals surface area contributed by atoms with Crippen LogP contribution in [0.4, 0.5) is 4.39 Å². The number of hydrogen-bond donors (Lipinski definition) is 0. The van der Waals surface area contributed by atoms with Crippen LogP contribution in [0, 0.1) is 5.82 Å². The van der Waals surface area contributed by atoms with Gasteiger partial charge in [-0.25, -0.2) is 14.4 Å². The van der Waals surface area contributed by atoms with Gasteiger partial charge >= 0.3 is 5.97 Å². The first-order valence-corrected chi connectivity index (χ1v) is 4.74. The summed E-state index contributed by atoms with van der Waals surface area (Å²) in [6.07, 6.45) is 1.23. The lowest BCUT2D eigenvalue weighted by Gasteiger charge is -2.05. The van der Waals surface area contributed by atoms with Gasteiger partial charge in [0.15, 0.2) is 11.6 Å². The van der Waals surface area contributed by atoms with E-state index in [2.05, 4.69) is 14.7 Å². The Hall–Kier alpha value is -1.75. The average molecular weight is 241 g/mol. The maximum Gasteiger partial charge on any atom is 0.308 e. The average Bonchev–Trinajstić information content (AvgIpc) is 2.20. The molecule has 1 aromatic carbocycles. The van der Waals surface area contributed by atoms with Gasteiger partial charge < -0.3 is 4.74 Å². The number of rotatable bonds is 1. The molecule has 0 aliphatic heterocycles. The smallest absolute Gasteiger partial charge is 0.308 e. The van der Waals surface area contributed by atoms with Gasteiger partial charge in [-0.05, 0) is 6.07 Å². The molecule has 0 radical (unpaired) electrons. The van der Waals surface area contributed by atoms with Crippen molar-refractivity contribution in [2.24, 2.45) is 0 Å². The standard InChI is InChI=1S/C10H6ClFN2O2/c1-5(15)16-9-2-6-8(3-7(9)12)13-4-14-10(6)11/h2-4H,1H3. The summed E-state index contributed by atoms with van der Waals surface area (Å²) in [4.78, 5) is 18.3. The lowest BCUT2D eigenvalue weighted by molar-refractivity contribution is -0.132. The van der Waals surface area contributed by atoms with Gasteiger partial charge in [0, 0.05) is 18.4 Å². The molecule has 0 amide bonds. The number of fused-ring (bicyclic) bond motifs is 1. The molecule has 0 unspecified atom stereocenters. The van der Waals surface area contributed by atoms with E-state index in [1.165, 1.54) is 19.3 Å². The number of hydrogen-bond acceptors (Lipinski definition) is 4. The summed E-state index contributed by atoms with van der Waals surface area (Å²) in [5, 5.41) is 0.611. The van der Waals surface area contributed by atoms with E-state index in [1.54, 1.807) is 0 Å². The van der Waals surface area contributed by atoms with Crippen molar-refractivity contribution < 1.29 is 13.9 Å². The van der Waals surface area contributed by atoms with E-state index in [-0.39, 0.29) is 10.9 Å². The van der Waals surface area contributed by atoms with Gasteiger partial charge in [-0.2, -0.15) is 0 Å². The van der Waals surface area contributed by atoms with E-state index in [0.717, 1.165) is 6.07 Å². The molecule has 6 heteroatoms. The summed E-state index contributed by atoms with van der Waals surface area (Å²) in [6.45, 7) is 1.19. The summed E-state index contributed by atoms with van der Waals surface area (Å²) in [6, 6.07) is 2.44. The van der Waals surface area contributed by atoms with Crippen molar-refractivity contribution in [3.8, 4) is 5.75 Å². The van der Waals surface area contributed by atoms with Crippen molar-refractivity contribution in [3.05, 3.63) is 29.4 Å². The molecule has 0 saturated heterocycles. The third-order valence-corrected chi connectivity index (χ3v) is 2.20. The molecular formula is C10H6ClFN2O2. The van der Waals surface area contributed by atoms with Crippen molar-refractivity contribution in [3.63, 3.8) is 0 Å². The number of esters is 1. The van der Waals surface area contributed by atoms with Crippen LogP contribution in [0.5, 0.6) is 5.75 Å². The molecule has 4 nitrogen and oxygen atoms in total. The number of ether oxygens (including phenoxy) is 1. The topological polar surface area (TPSA) is 52.1 Å². The van der Waals surface area contributed by atoms with Crippen molar-refractivity contribution in [2.45, 2.75) is 6.92 Å². The minimum atomic E-state index is -0.669. The Morgan fingerprint density at radius 3 is 2.88 bits per heavy atom. The highest BCUT2D eigenvalue weighted by atomic mass is 35.5. The summed E-state index contributed by atoms with van der Waals surface area (Å²) < 4.78 is 18.1. The fourth-order valence-corrected chi connectivity index (χ4v) is 1.45. The fourth-order valence-electron chi connectivity index (χ4n) is 1.26. The lowest BCUT2D eigenvalue weighted by Crippen LogP contribution is -2.03. The van der Waals surface area contributed by atoms with Crippen LogP contribution in [0.1, 0.15) is 6.92 Å². The highest BCUT2D eigenvalue weighted by Gasteiger charge is 2.11. The first kappa shape index (κ1) is 10.8. The van der Waals surface area contributed by atoms with Crippen molar-refractivity contribution in [1.29, 1.82) is 0 Å². The third-order valence-electron chi connectivity index (χ3n) is 1.89. The van der Waals surface area contributed by atoms with E-state index < -0.39 is 11.8 Å². The number of carbonyl (C=O) groups is 1. The molecule has 0 bridgehead atoms. The molecule has 0 fully saturated rings. The van der Waals surface area contributed by atoms with Crippen LogP contribution in [0.15, 0.2) is 18.5 Å². The van der Waals surface area contributed by atoms with Crippen molar-refractivity contribution in [2.75, 3.05) is 0 Å². The minimum Gasteiger partial charge on any atom is -0.424 e. The molecule has 1 aromatic heterocycles. The zero-order valence-electron chi connectivity index (χ0n) is 8.20. The lowest BCUT2D eigenvalue weighted by atomic mass is 10.2. The second kappa shape index (κ2) is 4.02. The van der Waals surface area contributed by atoms with Gasteiger partial charge in [0.1, 0.15) is 11.5 Å². The highest BCUT2D eigenvalue weighted by Crippen LogP contribution is 2.27. The molecule has 0 N–H and O–H groups in total. The Morgan fingerprint density at radius 2 is 2.19 bits per heavy atom. The van der Waals surface area contributed by atoms with E-state index in [4.69, 9.17) is 11.6 Å². The number of nitrogens with zero attached hydrogens (tertiary/aromatic N) is 2. The fraction of sp³-hybridized carbons (Fsp3) is 0.100.